The molecule has 1 atom stereocenters. The van der Waals surface area contributed by atoms with Gasteiger partial charge in [-0.25, -0.2) is 4.79 Å². The molecule has 0 aromatic carbocycles. The highest BCUT2D eigenvalue weighted by Gasteiger charge is 1.99. The van der Waals surface area contributed by atoms with Crippen molar-refractivity contribution in [3.05, 3.63) is 0 Å². The average Bonchev–Trinajstić information content (AvgIpc) is 1.65. The van der Waals surface area contributed by atoms with Crippen LogP contribution in [0.2, 0.25) is 0 Å². The van der Waals surface area contributed by atoms with Crippen LogP contribution in [0.15, 0.2) is 0 Å². The summed E-state index contributed by atoms with van der Waals surface area (Å²) in [6.07, 6.45) is 3.66. The van der Waals surface area contributed by atoms with Gasteiger partial charge >= 0.3 is 6.09 Å². The lowest BCUT2D eigenvalue weighted by atomic mass is 10.7. The van der Waals surface area contributed by atoms with Crippen LogP contribution in [-0.4, -0.2) is 16.2 Å². The third-order valence-corrected chi connectivity index (χ3v) is 0.890. The van der Waals surface area contributed by atoms with Crippen molar-refractivity contribution in [3.63, 3.8) is 0 Å². The summed E-state index contributed by atoms with van der Waals surface area (Å²) in [4.78, 5) is 9.15. The van der Waals surface area contributed by atoms with Crippen molar-refractivity contribution < 1.29 is 9.90 Å². The van der Waals surface area contributed by atoms with Crippen LogP contribution in [0.25, 0.3) is 0 Å². The van der Waals surface area contributed by atoms with E-state index in [2.05, 4.69) is 21.9 Å². The van der Waals surface area contributed by atoms with E-state index in [1.807, 2.05) is 5.32 Å². The van der Waals surface area contributed by atoms with Crippen LogP contribution in [0.5, 0.6) is 0 Å². The highest BCUT2D eigenvalue weighted by Crippen LogP contribution is 1.89. The number of amides is 1. The third-order valence-electron chi connectivity index (χ3n) is 0.397. The Labute approximate surface area is 55.2 Å². The summed E-state index contributed by atoms with van der Waals surface area (Å²) in [5.74, 6) is 2.12. The van der Waals surface area contributed by atoms with Gasteiger partial charge in [0.2, 0.25) is 0 Å². The average molecular weight is 178 g/mol. The van der Waals surface area contributed by atoms with E-state index in [4.69, 9.17) is 11.5 Å². The first-order valence-electron chi connectivity index (χ1n) is 1.76. The minimum atomic E-state index is -1.13. The quantitative estimate of drug-likeness (QED) is 0.351. The number of carboxylic acid groups (broad SMARTS) is 1. The summed E-state index contributed by atoms with van der Waals surface area (Å²) in [5.41, 5.74) is 0. The lowest BCUT2D eigenvalue weighted by Gasteiger charge is -1.97. The van der Waals surface area contributed by atoms with E-state index in [1.54, 1.807) is 0 Å². The van der Waals surface area contributed by atoms with E-state index in [0.717, 1.165) is 0 Å². The van der Waals surface area contributed by atoms with Crippen molar-refractivity contribution in [2.45, 2.75) is 4.95 Å². The fourth-order valence-electron chi connectivity index (χ4n) is 0.150. The number of terminal acetylenes is 1. The molecule has 0 saturated heterocycles. The van der Waals surface area contributed by atoms with Crippen LogP contribution in [0.1, 0.15) is 0 Å². The van der Waals surface area contributed by atoms with E-state index >= 15 is 0 Å². The Bertz CT molecular complexity index is 128. The van der Waals surface area contributed by atoms with Crippen molar-refractivity contribution in [2.75, 3.05) is 0 Å². The van der Waals surface area contributed by atoms with Gasteiger partial charge in [-0.2, -0.15) is 0 Å². The molecule has 1 unspecified atom stereocenters. The zero-order valence-corrected chi connectivity index (χ0v) is 5.47. The molecule has 0 rings (SSSR count). The predicted octanol–water partition coefficient (Wildman–Crippen LogP) is 0.608. The van der Waals surface area contributed by atoms with Gasteiger partial charge in [-0.1, -0.05) is 21.9 Å². The van der Waals surface area contributed by atoms with Crippen molar-refractivity contribution in [1.82, 2.24) is 5.32 Å². The second-order valence-corrected chi connectivity index (χ2v) is 1.89. The van der Waals surface area contributed by atoms with Crippen LogP contribution in [0.3, 0.4) is 0 Å². The van der Waals surface area contributed by atoms with Crippen LogP contribution in [0, 0.1) is 12.3 Å². The molecule has 0 bridgehead atoms. The summed E-state index contributed by atoms with van der Waals surface area (Å²) in [6, 6.07) is 0. The smallest absolute Gasteiger partial charge is 0.406 e. The number of carbonyl (C=O) groups is 1. The lowest BCUT2D eigenvalue weighted by Crippen LogP contribution is -2.27. The van der Waals surface area contributed by atoms with Gasteiger partial charge in [0.15, 0.2) is 0 Å². The molecular weight excluding hydrogens is 174 g/mol. The molecule has 0 aromatic rings. The molecule has 0 radical (unpaired) electrons. The van der Waals surface area contributed by atoms with Crippen molar-refractivity contribution >= 4 is 22.0 Å². The third kappa shape index (κ3) is 3.50. The van der Waals surface area contributed by atoms with E-state index < -0.39 is 11.0 Å². The van der Waals surface area contributed by atoms with E-state index in [1.165, 1.54) is 0 Å². The molecular formula is C4H4BrNO2. The number of nitrogens with one attached hydrogen (secondary N) is 1. The highest BCUT2D eigenvalue weighted by molar-refractivity contribution is 9.09. The zero-order chi connectivity index (χ0) is 6.57. The summed E-state index contributed by atoms with van der Waals surface area (Å²) < 4.78 is 0. The van der Waals surface area contributed by atoms with Gasteiger partial charge < -0.3 is 5.11 Å². The summed E-state index contributed by atoms with van der Waals surface area (Å²) in [7, 11) is 0. The number of rotatable bonds is 1. The fraction of sp³-hybridized carbons (Fsp3) is 0.250. The van der Waals surface area contributed by atoms with E-state index in [-0.39, 0.29) is 0 Å². The molecule has 2 N–H and O–H groups in total. The molecule has 3 nitrogen and oxygen atoms in total. The Morgan fingerprint density at radius 1 is 2.00 bits per heavy atom. The predicted molar refractivity (Wildman–Crippen MR) is 32.7 cm³/mol. The second-order valence-electron chi connectivity index (χ2n) is 0.979. The van der Waals surface area contributed by atoms with Crippen molar-refractivity contribution in [2.24, 2.45) is 0 Å². The molecule has 0 heterocycles. The van der Waals surface area contributed by atoms with Gasteiger partial charge in [0.1, 0.15) is 4.95 Å². The second kappa shape index (κ2) is 3.33. The maximum atomic E-state index is 9.73. The molecule has 8 heavy (non-hydrogen) atoms. The van der Waals surface area contributed by atoms with Gasteiger partial charge in [-0.15, -0.1) is 6.42 Å². The molecule has 1 amide bonds. The van der Waals surface area contributed by atoms with Gasteiger partial charge in [0, 0.05) is 0 Å². The first-order valence-corrected chi connectivity index (χ1v) is 2.68. The maximum absolute atomic E-state index is 9.73. The van der Waals surface area contributed by atoms with Gasteiger partial charge in [0.25, 0.3) is 0 Å². The van der Waals surface area contributed by atoms with Crippen LogP contribution in [0.4, 0.5) is 4.79 Å². The Morgan fingerprint density at radius 3 is 2.62 bits per heavy atom. The largest absolute Gasteiger partial charge is 0.465 e. The van der Waals surface area contributed by atoms with Crippen LogP contribution < -0.4 is 5.32 Å². The number of halogens is 1. The zero-order valence-electron chi connectivity index (χ0n) is 3.89. The molecule has 0 aliphatic heterocycles. The van der Waals surface area contributed by atoms with Gasteiger partial charge in [-0.05, 0) is 0 Å². The molecule has 0 aromatic heterocycles. The summed E-state index contributed by atoms with van der Waals surface area (Å²) in [6.45, 7) is 0. The molecule has 0 aliphatic rings. The van der Waals surface area contributed by atoms with E-state index in [0.29, 0.717) is 0 Å². The molecule has 0 aliphatic carbocycles. The molecule has 0 spiro atoms. The van der Waals surface area contributed by atoms with Gasteiger partial charge in [0.05, 0.1) is 0 Å². The van der Waals surface area contributed by atoms with E-state index in [9.17, 15) is 4.79 Å². The molecule has 0 saturated carbocycles. The Morgan fingerprint density at radius 2 is 2.50 bits per heavy atom. The standard InChI is InChI=1S/C4H4BrNO2/c1-2-3(5)6-4(7)8/h1,3,6H,(H,7,8). The SMILES string of the molecule is C#CC(Br)NC(=O)O. The number of hydrogen-bond acceptors (Lipinski definition) is 1. The topological polar surface area (TPSA) is 49.3 Å². The molecule has 44 valence electrons. The Kier molecular flexibility index (Phi) is 3.04. The van der Waals surface area contributed by atoms with Crippen molar-refractivity contribution in [3.8, 4) is 12.3 Å². The van der Waals surface area contributed by atoms with Gasteiger partial charge in [-0.3, -0.25) is 5.32 Å². The normalized spacial score (nSPS) is 11.5. The molecule has 4 heteroatoms. The first-order chi connectivity index (χ1) is 3.66. The highest BCUT2D eigenvalue weighted by atomic mass is 79.9. The molecule has 0 fully saturated rings. The summed E-state index contributed by atoms with van der Waals surface area (Å²) >= 11 is 2.85. The lowest BCUT2D eigenvalue weighted by molar-refractivity contribution is 0.195. The van der Waals surface area contributed by atoms with Crippen LogP contribution >= 0.6 is 15.9 Å². The van der Waals surface area contributed by atoms with Crippen molar-refractivity contribution in [1.29, 1.82) is 0 Å². The number of alkyl halides is 1. The number of hydrogen-bond donors (Lipinski definition) is 2. The minimum absolute atomic E-state index is 0.583. The Hall–Kier alpha value is -0.690. The fourth-order valence-corrected chi connectivity index (χ4v) is 0.346. The van der Waals surface area contributed by atoms with Crippen LogP contribution in [-0.2, 0) is 0 Å². The minimum Gasteiger partial charge on any atom is -0.465 e. The maximum Gasteiger partial charge on any atom is 0.406 e. The first kappa shape index (κ1) is 7.31. The Balaban J connectivity index is 3.43. The monoisotopic (exact) mass is 177 g/mol. The summed E-state index contributed by atoms with van der Waals surface area (Å²) in [5, 5.41) is 9.97.